The molecule has 0 aromatic heterocycles. The molecule has 1 unspecified atom stereocenters. The molecule has 7 heteroatoms. The predicted octanol–water partition coefficient (Wildman–Crippen LogP) is 1.57. The minimum atomic E-state index is -0.0842. The van der Waals surface area contributed by atoms with Crippen molar-refractivity contribution in [1.82, 2.24) is 9.80 Å². The van der Waals surface area contributed by atoms with E-state index >= 15 is 0 Å². The Balaban J connectivity index is 1.48. The first-order valence-corrected chi connectivity index (χ1v) is 8.78. The number of nitrogens with zero attached hydrogens (tertiary/aromatic N) is 2. The van der Waals surface area contributed by atoms with Crippen LogP contribution in [-0.4, -0.2) is 81.6 Å². The van der Waals surface area contributed by atoms with Gasteiger partial charge in [-0.15, -0.1) is 0 Å². The van der Waals surface area contributed by atoms with Crippen LogP contribution in [0.2, 0.25) is 0 Å². The first-order chi connectivity index (χ1) is 12.2. The maximum absolute atomic E-state index is 12.5. The van der Waals surface area contributed by atoms with Crippen molar-refractivity contribution in [2.45, 2.75) is 13.0 Å². The zero-order chi connectivity index (χ0) is 17.6. The average molecular weight is 349 g/mol. The molecule has 2 saturated heterocycles. The zero-order valence-corrected chi connectivity index (χ0v) is 15.0. The number of urea groups is 1. The lowest BCUT2D eigenvalue weighted by molar-refractivity contribution is -0.0992. The molecule has 25 heavy (non-hydrogen) atoms. The number of aryl methyl sites for hydroxylation is 1. The molecule has 2 heterocycles. The maximum Gasteiger partial charge on any atom is 0.322 e. The standard InChI is InChI=1S/C18H27N3O4/c1-14-3-4-16(17(11-14)23-2)19-18(22)21-7-5-20(6-8-21)12-15-13-24-9-10-25-15/h3-4,11,15H,5-10,12-13H2,1-2H3,(H,19,22). The molecule has 1 aromatic rings. The molecule has 0 aliphatic carbocycles. The van der Waals surface area contributed by atoms with Crippen LogP contribution in [0.15, 0.2) is 18.2 Å². The molecule has 2 aliphatic rings. The minimum absolute atomic E-state index is 0.0842. The molecule has 2 fully saturated rings. The summed E-state index contributed by atoms with van der Waals surface area (Å²) in [6.07, 6.45) is 0.144. The second-order valence-corrected chi connectivity index (χ2v) is 6.49. The lowest BCUT2D eigenvalue weighted by Crippen LogP contribution is -2.52. The van der Waals surface area contributed by atoms with Crippen LogP contribution in [-0.2, 0) is 9.47 Å². The van der Waals surface area contributed by atoms with Crippen LogP contribution in [0, 0.1) is 6.92 Å². The number of amides is 2. The molecule has 0 bridgehead atoms. The largest absolute Gasteiger partial charge is 0.495 e. The average Bonchev–Trinajstić information content (AvgIpc) is 2.64. The highest BCUT2D eigenvalue weighted by Gasteiger charge is 2.25. The molecule has 1 aromatic carbocycles. The van der Waals surface area contributed by atoms with Gasteiger partial charge in [0, 0.05) is 32.7 Å². The van der Waals surface area contributed by atoms with E-state index in [0.29, 0.717) is 44.3 Å². The van der Waals surface area contributed by atoms with Crippen molar-refractivity contribution >= 4 is 11.7 Å². The number of nitrogens with one attached hydrogen (secondary N) is 1. The minimum Gasteiger partial charge on any atom is -0.495 e. The Hall–Kier alpha value is -1.83. The van der Waals surface area contributed by atoms with Crippen LogP contribution in [0.1, 0.15) is 5.56 Å². The molecule has 7 nitrogen and oxygen atoms in total. The number of carbonyl (C=O) groups is 1. The second kappa shape index (κ2) is 8.51. The molecule has 1 N–H and O–H groups in total. The van der Waals surface area contributed by atoms with E-state index in [0.717, 1.165) is 25.2 Å². The van der Waals surface area contributed by atoms with E-state index < -0.39 is 0 Å². The van der Waals surface area contributed by atoms with Gasteiger partial charge in [0.15, 0.2) is 0 Å². The molecule has 1 atom stereocenters. The Morgan fingerprint density at radius 3 is 2.76 bits per heavy atom. The number of hydrogen-bond acceptors (Lipinski definition) is 5. The van der Waals surface area contributed by atoms with Gasteiger partial charge in [-0.1, -0.05) is 6.07 Å². The monoisotopic (exact) mass is 349 g/mol. The highest BCUT2D eigenvalue weighted by Crippen LogP contribution is 2.25. The fourth-order valence-corrected chi connectivity index (χ4v) is 3.16. The third-order valence-corrected chi connectivity index (χ3v) is 4.60. The summed E-state index contributed by atoms with van der Waals surface area (Å²) in [7, 11) is 1.61. The van der Waals surface area contributed by atoms with Crippen LogP contribution < -0.4 is 10.1 Å². The molecule has 138 valence electrons. The Morgan fingerprint density at radius 1 is 1.28 bits per heavy atom. The third-order valence-electron chi connectivity index (χ3n) is 4.60. The molecular weight excluding hydrogens is 322 g/mol. The van der Waals surface area contributed by atoms with E-state index in [1.54, 1.807) is 7.11 Å². The number of carbonyl (C=O) groups excluding carboxylic acids is 1. The highest BCUT2D eigenvalue weighted by atomic mass is 16.6. The molecule has 2 amide bonds. The Labute approximate surface area is 148 Å². The van der Waals surface area contributed by atoms with Crippen LogP contribution >= 0.6 is 0 Å². The van der Waals surface area contributed by atoms with Gasteiger partial charge in [-0.2, -0.15) is 0 Å². The highest BCUT2D eigenvalue weighted by molar-refractivity contribution is 5.91. The van der Waals surface area contributed by atoms with Gasteiger partial charge >= 0.3 is 6.03 Å². The van der Waals surface area contributed by atoms with Gasteiger partial charge in [0.25, 0.3) is 0 Å². The van der Waals surface area contributed by atoms with Crippen molar-refractivity contribution in [2.75, 3.05) is 65.0 Å². The number of methoxy groups -OCH3 is 1. The fraction of sp³-hybridized carbons (Fsp3) is 0.611. The van der Waals surface area contributed by atoms with Gasteiger partial charge in [0.2, 0.25) is 0 Å². The molecule has 0 saturated carbocycles. The van der Waals surface area contributed by atoms with Gasteiger partial charge in [0.1, 0.15) is 5.75 Å². The number of hydrogen-bond donors (Lipinski definition) is 1. The van der Waals surface area contributed by atoms with Crippen molar-refractivity contribution < 1.29 is 19.0 Å². The fourth-order valence-electron chi connectivity index (χ4n) is 3.16. The second-order valence-electron chi connectivity index (χ2n) is 6.49. The van der Waals surface area contributed by atoms with E-state index in [1.807, 2.05) is 30.0 Å². The summed E-state index contributed by atoms with van der Waals surface area (Å²) >= 11 is 0. The molecule has 0 radical (unpaired) electrons. The van der Waals surface area contributed by atoms with Crippen molar-refractivity contribution in [1.29, 1.82) is 0 Å². The number of rotatable bonds is 4. The SMILES string of the molecule is COc1cc(C)ccc1NC(=O)N1CCN(CC2COCCO2)CC1. The third kappa shape index (κ3) is 4.84. The van der Waals surface area contributed by atoms with E-state index in [1.165, 1.54) is 0 Å². The summed E-state index contributed by atoms with van der Waals surface area (Å²) in [5.41, 5.74) is 1.80. The van der Waals surface area contributed by atoms with Gasteiger partial charge in [-0.3, -0.25) is 4.90 Å². The van der Waals surface area contributed by atoms with E-state index in [-0.39, 0.29) is 12.1 Å². The van der Waals surface area contributed by atoms with Crippen molar-refractivity contribution in [3.8, 4) is 5.75 Å². The van der Waals surface area contributed by atoms with Crippen molar-refractivity contribution in [3.63, 3.8) is 0 Å². The molecule has 3 rings (SSSR count). The van der Waals surface area contributed by atoms with E-state index in [4.69, 9.17) is 14.2 Å². The molecule has 2 aliphatic heterocycles. The predicted molar refractivity (Wildman–Crippen MR) is 95.3 cm³/mol. The van der Waals surface area contributed by atoms with Gasteiger partial charge < -0.3 is 24.4 Å². The Kier molecular flexibility index (Phi) is 6.12. The summed E-state index contributed by atoms with van der Waals surface area (Å²) in [4.78, 5) is 16.7. The van der Waals surface area contributed by atoms with E-state index in [2.05, 4.69) is 10.2 Å². The normalized spacial score (nSPS) is 21.8. The first-order valence-electron chi connectivity index (χ1n) is 8.78. The number of benzene rings is 1. The van der Waals surface area contributed by atoms with Crippen molar-refractivity contribution in [2.24, 2.45) is 0 Å². The van der Waals surface area contributed by atoms with Gasteiger partial charge in [0.05, 0.1) is 38.7 Å². The Morgan fingerprint density at radius 2 is 2.08 bits per heavy atom. The summed E-state index contributed by atoms with van der Waals surface area (Å²) in [5.74, 6) is 0.682. The van der Waals surface area contributed by atoms with Gasteiger partial charge in [-0.05, 0) is 24.6 Å². The van der Waals surface area contributed by atoms with Crippen LogP contribution in [0.25, 0.3) is 0 Å². The molecular formula is C18H27N3O4. The summed E-state index contributed by atoms with van der Waals surface area (Å²) in [6, 6.07) is 5.67. The Bertz CT molecular complexity index is 582. The van der Waals surface area contributed by atoms with Crippen molar-refractivity contribution in [3.05, 3.63) is 23.8 Å². The van der Waals surface area contributed by atoms with Crippen LogP contribution in [0.4, 0.5) is 10.5 Å². The maximum atomic E-state index is 12.5. The first kappa shape index (κ1) is 18.0. The van der Waals surface area contributed by atoms with Crippen LogP contribution in [0.3, 0.4) is 0 Å². The van der Waals surface area contributed by atoms with E-state index in [9.17, 15) is 4.79 Å². The lowest BCUT2D eigenvalue weighted by Gasteiger charge is -2.37. The van der Waals surface area contributed by atoms with Gasteiger partial charge in [-0.25, -0.2) is 4.79 Å². The number of anilines is 1. The zero-order valence-electron chi connectivity index (χ0n) is 15.0. The number of ether oxygens (including phenoxy) is 3. The lowest BCUT2D eigenvalue weighted by atomic mass is 10.2. The summed E-state index contributed by atoms with van der Waals surface area (Å²) < 4.78 is 16.5. The number of piperazine rings is 1. The summed E-state index contributed by atoms with van der Waals surface area (Å²) in [6.45, 7) is 7.97. The molecule has 0 spiro atoms. The summed E-state index contributed by atoms with van der Waals surface area (Å²) in [5, 5.41) is 2.95. The smallest absolute Gasteiger partial charge is 0.322 e. The quantitative estimate of drug-likeness (QED) is 0.894. The van der Waals surface area contributed by atoms with Crippen LogP contribution in [0.5, 0.6) is 5.75 Å². The topological polar surface area (TPSA) is 63.3 Å².